The molecule has 0 bridgehead atoms. The molecule has 0 unspecified atom stereocenters. The van der Waals surface area contributed by atoms with Crippen LogP contribution in [0.5, 0.6) is 0 Å². The van der Waals surface area contributed by atoms with E-state index in [-0.39, 0.29) is 24.3 Å². The number of amides is 1. The molecule has 0 aliphatic heterocycles. The Hall–Kier alpha value is -3.93. The van der Waals surface area contributed by atoms with E-state index in [9.17, 15) is 9.59 Å². The van der Waals surface area contributed by atoms with Gasteiger partial charge in [-0.2, -0.15) is 0 Å². The first-order chi connectivity index (χ1) is 16.4. The van der Waals surface area contributed by atoms with Gasteiger partial charge in [-0.15, -0.1) is 0 Å². The molecule has 1 heterocycles. The molecule has 34 heavy (non-hydrogen) atoms. The summed E-state index contributed by atoms with van der Waals surface area (Å²) >= 11 is 0. The van der Waals surface area contributed by atoms with E-state index in [0.717, 1.165) is 16.7 Å². The van der Waals surface area contributed by atoms with Crippen LogP contribution in [0.4, 0.5) is 4.79 Å². The van der Waals surface area contributed by atoms with Crippen LogP contribution in [0.25, 0.3) is 22.0 Å². The van der Waals surface area contributed by atoms with Gasteiger partial charge in [-0.1, -0.05) is 74.5 Å². The van der Waals surface area contributed by atoms with Gasteiger partial charge in [-0.25, -0.2) is 14.6 Å². The minimum absolute atomic E-state index is 0.0321. The molecule has 0 radical (unpaired) electrons. The van der Waals surface area contributed by atoms with Gasteiger partial charge in [0.2, 0.25) is 5.89 Å². The Balaban J connectivity index is 1.36. The smallest absolute Gasteiger partial charge is 0.407 e. The predicted molar refractivity (Wildman–Crippen MR) is 131 cm³/mol. The zero-order chi connectivity index (χ0) is 23.8. The van der Waals surface area contributed by atoms with E-state index >= 15 is 0 Å². The summed E-state index contributed by atoms with van der Waals surface area (Å²) in [5.41, 5.74) is 5.53. The van der Waals surface area contributed by atoms with Crippen molar-refractivity contribution < 1.29 is 13.9 Å². The van der Waals surface area contributed by atoms with Crippen molar-refractivity contribution in [3.05, 3.63) is 99.7 Å². The Bertz CT molecular complexity index is 1390. The third-order valence-corrected chi connectivity index (χ3v) is 6.43. The number of aryl methyl sites for hydroxylation is 1. The second-order valence-corrected chi connectivity index (χ2v) is 9.00. The largest absolute Gasteiger partial charge is 0.449 e. The van der Waals surface area contributed by atoms with Gasteiger partial charge in [0.15, 0.2) is 0 Å². The van der Waals surface area contributed by atoms with Crippen molar-refractivity contribution in [3.8, 4) is 11.1 Å². The molecule has 1 atom stereocenters. The fourth-order valence-electron chi connectivity index (χ4n) is 4.71. The summed E-state index contributed by atoms with van der Waals surface area (Å²) in [6.45, 7) is 5.90. The summed E-state index contributed by atoms with van der Waals surface area (Å²) in [6.07, 6.45) is -0.575. The molecule has 6 nitrogen and oxygen atoms in total. The zero-order valence-electron chi connectivity index (χ0n) is 19.4. The normalized spacial score (nSPS) is 13.5. The number of nitrogens with zero attached hydrogens (tertiary/aromatic N) is 1. The number of hydrogen-bond acceptors (Lipinski definition) is 5. The van der Waals surface area contributed by atoms with Crippen LogP contribution in [0.15, 0.2) is 75.9 Å². The van der Waals surface area contributed by atoms with Crippen LogP contribution < -0.4 is 10.9 Å². The highest BCUT2D eigenvalue weighted by molar-refractivity contribution is 5.81. The van der Waals surface area contributed by atoms with Gasteiger partial charge in [0.1, 0.15) is 12.6 Å². The minimum Gasteiger partial charge on any atom is -0.449 e. The van der Waals surface area contributed by atoms with Gasteiger partial charge in [0.05, 0.1) is 10.9 Å². The van der Waals surface area contributed by atoms with E-state index in [1.807, 2.05) is 57.2 Å². The van der Waals surface area contributed by atoms with Crippen LogP contribution in [-0.4, -0.2) is 17.7 Å². The number of benzene rings is 3. The van der Waals surface area contributed by atoms with Crippen molar-refractivity contribution >= 4 is 17.0 Å². The standard InChI is InChI=1S/C28H26N2O4/c1-16(2)25(26-29-23-14-8-9-17(3)24(23)27(31)34-26)30-28(32)33-15-22-20-12-6-4-10-18(20)19-11-5-7-13-21(19)22/h4-14,16,22,25H,15H2,1-3H3,(H,30,32)/t25-/m0/s1. The highest BCUT2D eigenvalue weighted by atomic mass is 16.5. The first kappa shape index (κ1) is 21.9. The molecule has 0 fully saturated rings. The lowest BCUT2D eigenvalue weighted by Gasteiger charge is -2.21. The van der Waals surface area contributed by atoms with E-state index in [1.165, 1.54) is 11.1 Å². The van der Waals surface area contributed by atoms with Gasteiger partial charge in [0, 0.05) is 5.92 Å². The Morgan fingerprint density at radius 2 is 1.65 bits per heavy atom. The average Bonchev–Trinajstić information content (AvgIpc) is 3.14. The summed E-state index contributed by atoms with van der Waals surface area (Å²) in [7, 11) is 0. The molecule has 172 valence electrons. The lowest BCUT2D eigenvalue weighted by atomic mass is 9.98. The number of ether oxygens (including phenoxy) is 1. The van der Waals surface area contributed by atoms with Gasteiger partial charge in [-0.3, -0.25) is 0 Å². The Morgan fingerprint density at radius 1 is 1.00 bits per heavy atom. The van der Waals surface area contributed by atoms with E-state index in [2.05, 4.69) is 34.6 Å². The fourth-order valence-corrected chi connectivity index (χ4v) is 4.71. The summed E-state index contributed by atoms with van der Waals surface area (Å²) in [5, 5.41) is 3.31. The number of rotatable bonds is 5. The maximum Gasteiger partial charge on any atom is 0.407 e. The molecule has 0 spiro atoms. The quantitative estimate of drug-likeness (QED) is 0.416. The van der Waals surface area contributed by atoms with Crippen molar-refractivity contribution in [3.63, 3.8) is 0 Å². The number of hydrogen-bond donors (Lipinski definition) is 1. The minimum atomic E-state index is -0.603. The van der Waals surface area contributed by atoms with Crippen molar-refractivity contribution in [1.29, 1.82) is 0 Å². The summed E-state index contributed by atoms with van der Waals surface area (Å²) in [4.78, 5) is 30.0. The molecule has 5 rings (SSSR count). The molecule has 0 saturated heterocycles. The molecular formula is C28H26N2O4. The molecule has 1 aromatic heterocycles. The molecular weight excluding hydrogens is 428 g/mol. The van der Waals surface area contributed by atoms with Gasteiger partial charge < -0.3 is 14.5 Å². The van der Waals surface area contributed by atoms with Crippen molar-refractivity contribution in [2.24, 2.45) is 5.92 Å². The molecule has 3 aromatic carbocycles. The number of carbonyl (C=O) groups excluding carboxylic acids is 1. The molecule has 4 aromatic rings. The Kier molecular flexibility index (Phi) is 5.65. The van der Waals surface area contributed by atoms with Crippen LogP contribution >= 0.6 is 0 Å². The Morgan fingerprint density at radius 3 is 2.29 bits per heavy atom. The number of carbonyl (C=O) groups is 1. The summed E-state index contributed by atoms with van der Waals surface area (Å²) < 4.78 is 11.2. The van der Waals surface area contributed by atoms with Crippen LogP contribution in [0, 0.1) is 12.8 Å². The Labute approximate surface area is 197 Å². The van der Waals surface area contributed by atoms with Crippen LogP contribution in [-0.2, 0) is 4.74 Å². The SMILES string of the molecule is Cc1cccc2nc([C@@H](NC(=O)OCC3c4ccccc4-c4ccccc43)C(C)C)oc(=O)c12. The first-order valence-corrected chi connectivity index (χ1v) is 11.5. The fraction of sp³-hybridized carbons (Fsp3) is 0.250. The molecule has 6 heteroatoms. The van der Waals surface area contributed by atoms with E-state index in [0.29, 0.717) is 10.9 Å². The molecule has 1 aliphatic rings. The first-order valence-electron chi connectivity index (χ1n) is 11.5. The monoisotopic (exact) mass is 454 g/mol. The predicted octanol–water partition coefficient (Wildman–Crippen LogP) is 5.73. The molecule has 1 N–H and O–H groups in total. The second kappa shape index (κ2) is 8.78. The topological polar surface area (TPSA) is 81.4 Å². The molecule has 1 amide bonds. The lowest BCUT2D eigenvalue weighted by molar-refractivity contribution is 0.133. The molecule has 1 aliphatic carbocycles. The van der Waals surface area contributed by atoms with E-state index in [4.69, 9.17) is 9.15 Å². The second-order valence-electron chi connectivity index (χ2n) is 9.00. The van der Waals surface area contributed by atoms with E-state index in [1.54, 1.807) is 6.07 Å². The highest BCUT2D eigenvalue weighted by Gasteiger charge is 2.30. The average molecular weight is 455 g/mol. The van der Waals surface area contributed by atoms with Crippen LogP contribution in [0.1, 0.15) is 48.4 Å². The highest BCUT2D eigenvalue weighted by Crippen LogP contribution is 2.44. The van der Waals surface area contributed by atoms with Crippen molar-refractivity contribution in [2.45, 2.75) is 32.7 Å². The number of nitrogens with one attached hydrogen (secondary N) is 1. The zero-order valence-corrected chi connectivity index (χ0v) is 19.4. The van der Waals surface area contributed by atoms with Crippen LogP contribution in [0.2, 0.25) is 0 Å². The maximum atomic E-state index is 12.8. The van der Waals surface area contributed by atoms with Crippen molar-refractivity contribution in [2.75, 3.05) is 6.61 Å². The summed E-state index contributed by atoms with van der Waals surface area (Å²) in [6, 6.07) is 21.2. The van der Waals surface area contributed by atoms with Gasteiger partial charge in [-0.05, 0) is 46.7 Å². The number of aromatic nitrogens is 1. The lowest BCUT2D eigenvalue weighted by Crippen LogP contribution is -2.34. The third kappa shape index (κ3) is 3.85. The van der Waals surface area contributed by atoms with Crippen molar-refractivity contribution in [1.82, 2.24) is 10.3 Å². The van der Waals surface area contributed by atoms with Gasteiger partial charge >= 0.3 is 11.7 Å². The summed E-state index contributed by atoms with van der Waals surface area (Å²) in [5.74, 6) is 0.0698. The maximum absolute atomic E-state index is 12.8. The molecule has 0 saturated carbocycles. The third-order valence-electron chi connectivity index (χ3n) is 6.43. The van der Waals surface area contributed by atoms with Crippen LogP contribution in [0.3, 0.4) is 0 Å². The van der Waals surface area contributed by atoms with Gasteiger partial charge in [0.25, 0.3) is 0 Å². The number of fused-ring (bicyclic) bond motifs is 4. The number of alkyl carbamates (subject to hydrolysis) is 1. The van der Waals surface area contributed by atoms with E-state index < -0.39 is 17.8 Å².